The van der Waals surface area contributed by atoms with E-state index >= 15 is 0 Å². The molecule has 168 valence electrons. The maximum atomic E-state index is 12.1. The highest BCUT2D eigenvalue weighted by Gasteiger charge is 2.26. The number of hydrogen-bond donors (Lipinski definition) is 2. The molecule has 0 aliphatic rings. The van der Waals surface area contributed by atoms with Gasteiger partial charge in [-0.2, -0.15) is 5.10 Å². The third-order valence-corrected chi connectivity index (χ3v) is 5.49. The number of carbonyl (C=O) groups excluding carboxylic acids is 1. The number of benzene rings is 2. The lowest BCUT2D eigenvalue weighted by atomic mass is 9.78. The van der Waals surface area contributed by atoms with Crippen LogP contribution in [0.5, 0.6) is 17.2 Å². The average molecular weight is 538 g/mol. The zero-order valence-electron chi connectivity index (χ0n) is 19.2. The number of amides is 1. The number of aromatic hydroxyl groups is 1. The van der Waals surface area contributed by atoms with Crippen LogP contribution in [0.15, 0.2) is 35.4 Å². The van der Waals surface area contributed by atoms with Gasteiger partial charge in [0.1, 0.15) is 17.2 Å². The fourth-order valence-corrected chi connectivity index (χ4v) is 3.60. The van der Waals surface area contributed by atoms with Crippen molar-refractivity contribution in [2.75, 3.05) is 13.7 Å². The van der Waals surface area contributed by atoms with Crippen LogP contribution in [0.4, 0.5) is 0 Å². The summed E-state index contributed by atoms with van der Waals surface area (Å²) in [4.78, 5) is 12.1. The first-order chi connectivity index (χ1) is 14.3. The number of rotatable bonds is 6. The van der Waals surface area contributed by atoms with E-state index in [1.807, 2.05) is 18.2 Å². The molecule has 0 saturated carbocycles. The van der Waals surface area contributed by atoms with E-state index in [-0.39, 0.29) is 23.3 Å². The zero-order chi connectivity index (χ0) is 23.4. The molecule has 0 atom stereocenters. The average Bonchev–Trinajstić information content (AvgIpc) is 2.66. The minimum atomic E-state index is -0.367. The molecule has 2 rings (SSSR count). The minimum absolute atomic E-state index is 0.157. The molecule has 0 aliphatic heterocycles. The summed E-state index contributed by atoms with van der Waals surface area (Å²) in [5, 5.41) is 14.9. The Morgan fingerprint density at radius 1 is 1.10 bits per heavy atom. The molecule has 2 N–H and O–H groups in total. The van der Waals surface area contributed by atoms with Crippen LogP contribution in [0.2, 0.25) is 0 Å². The lowest BCUT2D eigenvalue weighted by Gasteiger charge is -2.27. The van der Waals surface area contributed by atoms with E-state index in [9.17, 15) is 9.90 Å². The number of hydrogen-bond acceptors (Lipinski definition) is 5. The Kier molecular flexibility index (Phi) is 7.97. The van der Waals surface area contributed by atoms with E-state index in [4.69, 9.17) is 9.47 Å². The predicted octanol–water partition coefficient (Wildman–Crippen LogP) is 5.13. The SMILES string of the molecule is COc1ccc(OCC(=O)N/N=C\c2cc(C(C)(C)C)c(O)c(C(C)(C)C)c2)c(I)c1. The molecule has 7 heteroatoms. The molecule has 0 radical (unpaired) electrons. The van der Waals surface area contributed by atoms with Crippen LogP contribution in [0.3, 0.4) is 0 Å². The normalized spacial score (nSPS) is 12.1. The van der Waals surface area contributed by atoms with Crippen molar-refractivity contribution in [2.45, 2.75) is 52.4 Å². The summed E-state index contributed by atoms with van der Waals surface area (Å²) in [7, 11) is 1.60. The molecular formula is C24H31IN2O4. The predicted molar refractivity (Wildman–Crippen MR) is 132 cm³/mol. The van der Waals surface area contributed by atoms with Crippen molar-refractivity contribution in [1.82, 2.24) is 5.43 Å². The number of methoxy groups -OCH3 is 1. The Balaban J connectivity index is 2.10. The molecule has 0 heterocycles. The Labute approximate surface area is 198 Å². The van der Waals surface area contributed by atoms with Gasteiger partial charge in [0.15, 0.2) is 6.61 Å². The van der Waals surface area contributed by atoms with Crippen LogP contribution in [0.1, 0.15) is 58.2 Å². The lowest BCUT2D eigenvalue weighted by Crippen LogP contribution is -2.25. The molecular weight excluding hydrogens is 507 g/mol. The highest BCUT2D eigenvalue weighted by atomic mass is 127. The molecule has 0 aliphatic carbocycles. The second kappa shape index (κ2) is 9.89. The fourth-order valence-electron chi connectivity index (χ4n) is 2.95. The first kappa shape index (κ1) is 25.0. The number of nitrogens with zero attached hydrogens (tertiary/aromatic N) is 1. The van der Waals surface area contributed by atoms with Gasteiger partial charge >= 0.3 is 0 Å². The number of phenolic OH excluding ortho intramolecular Hbond substituents is 1. The molecule has 0 spiro atoms. The van der Waals surface area contributed by atoms with Crippen molar-refractivity contribution in [3.8, 4) is 17.2 Å². The van der Waals surface area contributed by atoms with Gasteiger partial charge in [-0.15, -0.1) is 0 Å². The van der Waals surface area contributed by atoms with Gasteiger partial charge in [0.2, 0.25) is 0 Å². The molecule has 0 aromatic heterocycles. The number of halogens is 1. The Morgan fingerprint density at radius 2 is 1.68 bits per heavy atom. The topological polar surface area (TPSA) is 80.2 Å². The first-order valence-corrected chi connectivity index (χ1v) is 11.1. The van der Waals surface area contributed by atoms with E-state index in [1.54, 1.807) is 25.5 Å². The molecule has 6 nitrogen and oxygen atoms in total. The first-order valence-electron chi connectivity index (χ1n) is 9.99. The Hall–Kier alpha value is -2.29. The van der Waals surface area contributed by atoms with Gasteiger partial charge < -0.3 is 14.6 Å². The molecule has 2 aromatic carbocycles. The van der Waals surface area contributed by atoms with Crippen molar-refractivity contribution >= 4 is 34.7 Å². The molecule has 31 heavy (non-hydrogen) atoms. The summed E-state index contributed by atoms with van der Waals surface area (Å²) >= 11 is 2.13. The summed E-state index contributed by atoms with van der Waals surface area (Å²) < 4.78 is 11.6. The van der Waals surface area contributed by atoms with Crippen LogP contribution in [-0.4, -0.2) is 30.9 Å². The molecule has 0 saturated heterocycles. The summed E-state index contributed by atoms with van der Waals surface area (Å²) in [5.74, 6) is 1.27. The number of nitrogens with one attached hydrogen (secondary N) is 1. The van der Waals surface area contributed by atoms with Crippen molar-refractivity contribution in [3.63, 3.8) is 0 Å². The van der Waals surface area contributed by atoms with Gasteiger partial charge in [-0.3, -0.25) is 4.79 Å². The number of carbonyl (C=O) groups is 1. The molecule has 2 aromatic rings. The largest absolute Gasteiger partial charge is 0.507 e. The number of ether oxygens (including phenoxy) is 2. The van der Waals surface area contributed by atoms with E-state index in [1.165, 1.54) is 0 Å². The smallest absolute Gasteiger partial charge is 0.277 e. The van der Waals surface area contributed by atoms with Crippen LogP contribution < -0.4 is 14.9 Å². The van der Waals surface area contributed by atoms with Crippen LogP contribution in [0, 0.1) is 3.57 Å². The van der Waals surface area contributed by atoms with E-state index in [0.29, 0.717) is 11.5 Å². The molecule has 1 amide bonds. The summed E-state index contributed by atoms with van der Waals surface area (Å²) in [6.07, 6.45) is 1.58. The van der Waals surface area contributed by atoms with Crippen molar-refractivity contribution < 1.29 is 19.4 Å². The van der Waals surface area contributed by atoms with Gasteiger partial charge in [-0.25, -0.2) is 5.43 Å². The number of phenols is 1. The zero-order valence-corrected chi connectivity index (χ0v) is 21.3. The van der Waals surface area contributed by atoms with Gasteiger partial charge in [0, 0.05) is 11.1 Å². The van der Waals surface area contributed by atoms with Gasteiger partial charge in [0.25, 0.3) is 5.91 Å². The highest BCUT2D eigenvalue weighted by molar-refractivity contribution is 14.1. The van der Waals surface area contributed by atoms with E-state index in [2.05, 4.69) is 74.7 Å². The highest BCUT2D eigenvalue weighted by Crippen LogP contribution is 2.39. The lowest BCUT2D eigenvalue weighted by molar-refractivity contribution is -0.123. The molecule has 0 unspecified atom stereocenters. The second-order valence-corrected chi connectivity index (χ2v) is 10.5. The van der Waals surface area contributed by atoms with Crippen LogP contribution in [-0.2, 0) is 15.6 Å². The standard InChI is InChI=1S/C24H31IN2O4/c1-23(2,3)17-10-15(11-18(22(17)29)24(4,5)6)13-26-27-21(28)14-31-20-9-8-16(30-7)12-19(20)25/h8-13,29H,14H2,1-7H3,(H,27,28)/b26-13-. The van der Waals surface area contributed by atoms with Crippen LogP contribution in [0.25, 0.3) is 0 Å². The summed E-state index contributed by atoms with van der Waals surface area (Å²) in [6, 6.07) is 9.16. The quantitative estimate of drug-likeness (QED) is 0.304. The maximum Gasteiger partial charge on any atom is 0.277 e. The van der Waals surface area contributed by atoms with Crippen molar-refractivity contribution in [2.24, 2.45) is 5.10 Å². The third-order valence-electron chi connectivity index (χ3n) is 4.65. The van der Waals surface area contributed by atoms with Crippen LogP contribution >= 0.6 is 22.6 Å². The minimum Gasteiger partial charge on any atom is -0.507 e. The summed E-state index contributed by atoms with van der Waals surface area (Å²) in [5.41, 5.74) is 4.50. The van der Waals surface area contributed by atoms with Gasteiger partial charge in [0.05, 0.1) is 16.9 Å². The van der Waals surface area contributed by atoms with E-state index in [0.717, 1.165) is 26.0 Å². The molecule has 0 bridgehead atoms. The van der Waals surface area contributed by atoms with Gasteiger partial charge in [-0.05, 0) is 69.3 Å². The Morgan fingerprint density at radius 3 is 2.16 bits per heavy atom. The fraction of sp³-hybridized carbons (Fsp3) is 0.417. The maximum absolute atomic E-state index is 12.1. The third kappa shape index (κ3) is 6.85. The van der Waals surface area contributed by atoms with Gasteiger partial charge in [-0.1, -0.05) is 41.5 Å². The number of hydrazone groups is 1. The van der Waals surface area contributed by atoms with Crippen molar-refractivity contribution in [3.05, 3.63) is 50.6 Å². The molecule has 0 fully saturated rings. The van der Waals surface area contributed by atoms with Crippen molar-refractivity contribution in [1.29, 1.82) is 0 Å². The summed E-state index contributed by atoms with van der Waals surface area (Å²) in [6.45, 7) is 12.1. The Bertz CT molecular complexity index is 938. The monoisotopic (exact) mass is 538 g/mol. The van der Waals surface area contributed by atoms with E-state index < -0.39 is 0 Å². The second-order valence-electron chi connectivity index (χ2n) is 9.34.